The Morgan fingerprint density at radius 2 is 1.86 bits per heavy atom. The summed E-state index contributed by atoms with van der Waals surface area (Å²) in [5.41, 5.74) is 0.998. The molecule has 78 valence electrons. The predicted molar refractivity (Wildman–Crippen MR) is 51.7 cm³/mol. The highest BCUT2D eigenvalue weighted by Crippen LogP contribution is 2.18. The van der Waals surface area contributed by atoms with Gasteiger partial charge in [0.15, 0.2) is 0 Å². The third kappa shape index (κ3) is 2.51. The van der Waals surface area contributed by atoms with Gasteiger partial charge in [0.1, 0.15) is 0 Å². The zero-order chi connectivity index (χ0) is 10.4. The summed E-state index contributed by atoms with van der Waals surface area (Å²) >= 11 is 0. The van der Waals surface area contributed by atoms with Gasteiger partial charge in [-0.05, 0) is 11.6 Å². The van der Waals surface area contributed by atoms with E-state index in [1.165, 1.54) is 0 Å². The molecule has 0 bridgehead atoms. The van der Waals surface area contributed by atoms with Gasteiger partial charge in [-0.15, -0.1) is 0 Å². The van der Waals surface area contributed by atoms with E-state index in [4.69, 9.17) is 14.2 Å². The van der Waals surface area contributed by atoms with Gasteiger partial charge in [-0.2, -0.15) is 0 Å². The highest BCUT2D eigenvalue weighted by Gasteiger charge is 2.29. The standard InChI is InChI=1S/C10H15NO3/c1-12-10(13-2,14-3)7-9-5-4-6-11-8-9/h4-6,8H,7H2,1-3H3. The van der Waals surface area contributed by atoms with Gasteiger partial charge >= 0.3 is 0 Å². The van der Waals surface area contributed by atoms with Crippen molar-refractivity contribution in [3.8, 4) is 0 Å². The number of methoxy groups -OCH3 is 3. The molecule has 0 aliphatic heterocycles. The molecule has 0 amide bonds. The molecule has 1 heterocycles. The van der Waals surface area contributed by atoms with Crippen LogP contribution in [0.4, 0.5) is 0 Å². The maximum atomic E-state index is 5.17. The molecular formula is C10H15NO3. The van der Waals surface area contributed by atoms with Crippen LogP contribution >= 0.6 is 0 Å². The van der Waals surface area contributed by atoms with Crippen molar-refractivity contribution in [2.75, 3.05) is 21.3 Å². The van der Waals surface area contributed by atoms with Crippen molar-refractivity contribution in [3.63, 3.8) is 0 Å². The number of ether oxygens (including phenoxy) is 3. The van der Waals surface area contributed by atoms with E-state index >= 15 is 0 Å². The minimum atomic E-state index is -1.01. The van der Waals surface area contributed by atoms with Crippen molar-refractivity contribution in [3.05, 3.63) is 30.1 Å². The second-order valence-corrected chi connectivity index (χ2v) is 2.83. The largest absolute Gasteiger partial charge is 0.331 e. The summed E-state index contributed by atoms with van der Waals surface area (Å²) in [6.45, 7) is 0. The molecule has 1 aromatic rings. The fourth-order valence-electron chi connectivity index (χ4n) is 1.22. The number of aromatic nitrogens is 1. The molecule has 0 spiro atoms. The molecule has 4 nitrogen and oxygen atoms in total. The van der Waals surface area contributed by atoms with Crippen LogP contribution in [0.1, 0.15) is 5.56 Å². The van der Waals surface area contributed by atoms with Crippen LogP contribution in [0.2, 0.25) is 0 Å². The molecule has 0 aromatic carbocycles. The van der Waals surface area contributed by atoms with Gasteiger partial charge in [-0.25, -0.2) is 0 Å². The molecule has 14 heavy (non-hydrogen) atoms. The Labute approximate surface area is 83.8 Å². The van der Waals surface area contributed by atoms with Crippen molar-refractivity contribution in [2.45, 2.75) is 12.4 Å². The average Bonchev–Trinajstić information content (AvgIpc) is 2.28. The van der Waals surface area contributed by atoms with Crippen molar-refractivity contribution < 1.29 is 14.2 Å². The Morgan fingerprint density at radius 3 is 2.29 bits per heavy atom. The number of hydrogen-bond donors (Lipinski definition) is 0. The van der Waals surface area contributed by atoms with Crippen LogP contribution < -0.4 is 0 Å². The molecule has 0 saturated heterocycles. The first-order valence-electron chi connectivity index (χ1n) is 4.30. The normalized spacial score (nSPS) is 11.6. The lowest BCUT2D eigenvalue weighted by Crippen LogP contribution is -2.38. The van der Waals surface area contributed by atoms with E-state index in [0.29, 0.717) is 6.42 Å². The minimum Gasteiger partial charge on any atom is -0.331 e. The Hall–Kier alpha value is -0.970. The zero-order valence-electron chi connectivity index (χ0n) is 8.69. The third-order valence-electron chi connectivity index (χ3n) is 2.08. The molecule has 0 N–H and O–H groups in total. The molecule has 0 saturated carbocycles. The maximum absolute atomic E-state index is 5.17. The van der Waals surface area contributed by atoms with E-state index < -0.39 is 5.97 Å². The lowest BCUT2D eigenvalue weighted by molar-refractivity contribution is -0.351. The molecule has 1 rings (SSSR count). The first-order valence-corrected chi connectivity index (χ1v) is 4.30. The molecule has 0 fully saturated rings. The summed E-state index contributed by atoms with van der Waals surface area (Å²) in [5, 5.41) is 0. The summed E-state index contributed by atoms with van der Waals surface area (Å²) in [4.78, 5) is 4.01. The number of nitrogens with zero attached hydrogens (tertiary/aromatic N) is 1. The van der Waals surface area contributed by atoms with Gasteiger partial charge in [-0.3, -0.25) is 4.98 Å². The molecule has 0 aliphatic rings. The molecule has 1 aromatic heterocycles. The highest BCUT2D eigenvalue weighted by molar-refractivity contribution is 5.09. The molecule has 0 radical (unpaired) electrons. The Bertz CT molecular complexity index is 251. The van der Waals surface area contributed by atoms with Gasteiger partial charge in [0.05, 0.1) is 6.42 Å². The smallest absolute Gasteiger partial charge is 0.286 e. The average molecular weight is 197 g/mol. The lowest BCUT2D eigenvalue weighted by atomic mass is 10.2. The number of hydrogen-bond acceptors (Lipinski definition) is 4. The molecule has 0 unspecified atom stereocenters. The summed E-state index contributed by atoms with van der Waals surface area (Å²) < 4.78 is 15.5. The quantitative estimate of drug-likeness (QED) is 0.665. The van der Waals surface area contributed by atoms with Crippen molar-refractivity contribution in [1.82, 2.24) is 4.98 Å². The van der Waals surface area contributed by atoms with Crippen molar-refractivity contribution in [2.24, 2.45) is 0 Å². The van der Waals surface area contributed by atoms with Crippen molar-refractivity contribution >= 4 is 0 Å². The fraction of sp³-hybridized carbons (Fsp3) is 0.500. The van der Waals surface area contributed by atoms with Gasteiger partial charge in [0.25, 0.3) is 5.97 Å². The van der Waals surface area contributed by atoms with Crippen LogP contribution in [0.5, 0.6) is 0 Å². The number of pyridine rings is 1. The van der Waals surface area contributed by atoms with Crippen LogP contribution in [0.15, 0.2) is 24.5 Å². The Kier molecular flexibility index (Phi) is 4.00. The van der Waals surface area contributed by atoms with E-state index in [9.17, 15) is 0 Å². The van der Waals surface area contributed by atoms with Gasteiger partial charge < -0.3 is 14.2 Å². The van der Waals surface area contributed by atoms with Crippen molar-refractivity contribution in [1.29, 1.82) is 0 Å². The van der Waals surface area contributed by atoms with E-state index in [1.807, 2.05) is 12.1 Å². The first kappa shape index (κ1) is 11.1. The van der Waals surface area contributed by atoms with Gasteiger partial charge in [0.2, 0.25) is 0 Å². The topological polar surface area (TPSA) is 40.6 Å². The van der Waals surface area contributed by atoms with E-state index in [-0.39, 0.29) is 0 Å². The summed E-state index contributed by atoms with van der Waals surface area (Å²) in [6.07, 6.45) is 3.98. The van der Waals surface area contributed by atoms with E-state index in [2.05, 4.69) is 4.98 Å². The molecule has 0 aliphatic carbocycles. The predicted octanol–water partition coefficient (Wildman–Crippen LogP) is 1.22. The summed E-state index contributed by atoms with van der Waals surface area (Å²) in [7, 11) is 4.64. The molecule has 0 atom stereocenters. The Balaban J connectivity index is 2.74. The van der Waals surface area contributed by atoms with Gasteiger partial charge in [-0.1, -0.05) is 6.07 Å². The zero-order valence-corrected chi connectivity index (χ0v) is 8.69. The first-order chi connectivity index (χ1) is 6.76. The van der Waals surface area contributed by atoms with Crippen LogP contribution in [-0.4, -0.2) is 32.3 Å². The maximum Gasteiger partial charge on any atom is 0.286 e. The molecular weight excluding hydrogens is 182 g/mol. The lowest BCUT2D eigenvalue weighted by Gasteiger charge is -2.28. The minimum absolute atomic E-state index is 0.504. The Morgan fingerprint density at radius 1 is 1.21 bits per heavy atom. The summed E-state index contributed by atoms with van der Waals surface area (Å²) in [5.74, 6) is -1.01. The van der Waals surface area contributed by atoms with Crippen LogP contribution in [0.3, 0.4) is 0 Å². The van der Waals surface area contributed by atoms with Crippen LogP contribution in [0, 0.1) is 0 Å². The highest BCUT2D eigenvalue weighted by atomic mass is 16.9. The SMILES string of the molecule is COC(Cc1cccnc1)(OC)OC. The number of rotatable bonds is 5. The van der Waals surface area contributed by atoms with Gasteiger partial charge in [0, 0.05) is 33.7 Å². The van der Waals surface area contributed by atoms with E-state index in [0.717, 1.165) is 5.56 Å². The van der Waals surface area contributed by atoms with Crippen LogP contribution in [-0.2, 0) is 20.6 Å². The second-order valence-electron chi connectivity index (χ2n) is 2.83. The summed E-state index contributed by atoms with van der Waals surface area (Å²) in [6, 6.07) is 3.81. The van der Waals surface area contributed by atoms with E-state index in [1.54, 1.807) is 33.7 Å². The second kappa shape index (κ2) is 5.05. The fourth-order valence-corrected chi connectivity index (χ4v) is 1.22. The third-order valence-corrected chi connectivity index (χ3v) is 2.08. The monoisotopic (exact) mass is 197 g/mol. The molecule has 4 heteroatoms. The van der Waals surface area contributed by atoms with Crippen LogP contribution in [0.25, 0.3) is 0 Å².